The highest BCUT2D eigenvalue weighted by atomic mass is 35.5. The summed E-state index contributed by atoms with van der Waals surface area (Å²) in [6.45, 7) is 1.83. The van der Waals surface area contributed by atoms with Crippen LogP contribution in [0.1, 0.15) is 34.0 Å². The molecule has 19 heavy (non-hydrogen) atoms. The second-order valence-electron chi connectivity index (χ2n) is 4.20. The van der Waals surface area contributed by atoms with Crippen LogP contribution in [0, 0.1) is 0 Å². The maximum absolute atomic E-state index is 12.1. The number of ketones is 1. The number of nitrogens with two attached hydrogens (primary N) is 1. The normalized spacial score (nSPS) is 12.4. The maximum Gasteiger partial charge on any atom is 0.186 e. The molecule has 1 aromatic heterocycles. The molecule has 0 saturated heterocycles. The van der Waals surface area contributed by atoms with Gasteiger partial charge in [-0.1, -0.05) is 23.2 Å². The number of hydrogen-bond donors (Lipinski definition) is 1. The van der Waals surface area contributed by atoms with E-state index in [-0.39, 0.29) is 18.2 Å². The molecule has 0 fully saturated rings. The second-order valence-corrected chi connectivity index (χ2v) is 5.93. The van der Waals surface area contributed by atoms with E-state index in [1.807, 2.05) is 6.92 Å². The molecule has 1 aromatic carbocycles. The molecule has 100 valence electrons. The molecule has 1 atom stereocenters. The molecule has 6 heteroatoms. The van der Waals surface area contributed by atoms with Crippen LogP contribution >= 0.6 is 34.5 Å². The minimum absolute atomic E-state index is 0.0904. The van der Waals surface area contributed by atoms with Crippen molar-refractivity contribution in [3.05, 3.63) is 49.9 Å². The summed E-state index contributed by atoms with van der Waals surface area (Å²) in [5, 5.41) is 3.56. The van der Waals surface area contributed by atoms with Gasteiger partial charge in [-0.25, -0.2) is 4.98 Å². The summed E-state index contributed by atoms with van der Waals surface area (Å²) in [7, 11) is 0. The number of halogens is 2. The van der Waals surface area contributed by atoms with Gasteiger partial charge in [-0.05, 0) is 30.7 Å². The fraction of sp³-hybridized carbons (Fsp3) is 0.231. The quantitative estimate of drug-likeness (QED) is 0.871. The molecule has 0 amide bonds. The lowest BCUT2D eigenvalue weighted by Gasteiger charge is -2.03. The van der Waals surface area contributed by atoms with Crippen molar-refractivity contribution < 1.29 is 4.79 Å². The van der Waals surface area contributed by atoms with Crippen molar-refractivity contribution in [1.29, 1.82) is 0 Å². The summed E-state index contributed by atoms with van der Waals surface area (Å²) in [5.74, 6) is -0.0904. The van der Waals surface area contributed by atoms with Crippen LogP contribution in [-0.4, -0.2) is 10.8 Å². The molecule has 0 aliphatic carbocycles. The Bertz CT molecular complexity index is 610. The number of thiazole rings is 1. The number of hydrogen-bond acceptors (Lipinski definition) is 4. The standard InChI is InChI=1S/C13H12Cl2N2OS/c1-7(16)13-17-11(6-19-13)12(18)5-8-4-9(14)2-3-10(8)15/h2-4,6-7H,5,16H2,1H3. The number of rotatable bonds is 4. The molecule has 0 saturated carbocycles. The zero-order valence-corrected chi connectivity index (χ0v) is 12.5. The molecule has 3 nitrogen and oxygen atoms in total. The molecule has 0 aliphatic rings. The first-order valence-electron chi connectivity index (χ1n) is 5.65. The molecule has 2 N–H and O–H groups in total. The fourth-order valence-corrected chi connectivity index (χ4v) is 2.73. The van der Waals surface area contributed by atoms with Gasteiger partial charge in [-0.2, -0.15) is 0 Å². The van der Waals surface area contributed by atoms with E-state index in [1.165, 1.54) is 11.3 Å². The van der Waals surface area contributed by atoms with Crippen molar-refractivity contribution in [2.75, 3.05) is 0 Å². The van der Waals surface area contributed by atoms with Crippen molar-refractivity contribution in [1.82, 2.24) is 4.98 Å². The predicted octanol–water partition coefficient (Wildman–Crippen LogP) is 3.90. The van der Waals surface area contributed by atoms with E-state index < -0.39 is 0 Å². The topological polar surface area (TPSA) is 56.0 Å². The summed E-state index contributed by atoms with van der Waals surface area (Å²) in [5.41, 5.74) is 6.85. The van der Waals surface area contributed by atoms with Gasteiger partial charge in [0, 0.05) is 21.8 Å². The van der Waals surface area contributed by atoms with Crippen LogP contribution in [0.15, 0.2) is 23.6 Å². The first kappa shape index (κ1) is 14.5. The zero-order valence-electron chi connectivity index (χ0n) is 10.2. The van der Waals surface area contributed by atoms with Crippen LogP contribution < -0.4 is 5.73 Å². The lowest BCUT2D eigenvalue weighted by atomic mass is 10.1. The molecule has 1 unspecified atom stereocenters. The molecule has 0 spiro atoms. The smallest absolute Gasteiger partial charge is 0.186 e. The number of carbonyl (C=O) groups excluding carboxylic acids is 1. The summed E-state index contributed by atoms with van der Waals surface area (Å²) < 4.78 is 0. The van der Waals surface area contributed by atoms with E-state index >= 15 is 0 Å². The Morgan fingerprint density at radius 1 is 1.47 bits per heavy atom. The van der Waals surface area contributed by atoms with Gasteiger partial charge in [0.2, 0.25) is 0 Å². The molecule has 1 heterocycles. The van der Waals surface area contributed by atoms with Crippen LogP contribution in [0.3, 0.4) is 0 Å². The third-order valence-corrected chi connectivity index (χ3v) is 4.21. The second kappa shape index (κ2) is 6.01. The van der Waals surface area contributed by atoms with E-state index in [0.29, 0.717) is 21.3 Å². The number of nitrogens with zero attached hydrogens (tertiary/aromatic N) is 1. The van der Waals surface area contributed by atoms with Crippen molar-refractivity contribution in [3.63, 3.8) is 0 Å². The lowest BCUT2D eigenvalue weighted by molar-refractivity contribution is 0.0988. The molecular formula is C13H12Cl2N2OS. The Balaban J connectivity index is 2.18. The van der Waals surface area contributed by atoms with Crippen molar-refractivity contribution >= 4 is 40.3 Å². The Kier molecular flexibility index (Phi) is 4.58. The third-order valence-electron chi connectivity index (χ3n) is 2.56. The highest BCUT2D eigenvalue weighted by Gasteiger charge is 2.15. The average Bonchev–Trinajstić information content (AvgIpc) is 2.83. The lowest BCUT2D eigenvalue weighted by Crippen LogP contribution is -2.08. The van der Waals surface area contributed by atoms with Gasteiger partial charge in [0.1, 0.15) is 10.7 Å². The van der Waals surface area contributed by atoms with E-state index in [9.17, 15) is 4.79 Å². The van der Waals surface area contributed by atoms with Gasteiger partial charge in [-0.15, -0.1) is 11.3 Å². The first-order valence-corrected chi connectivity index (χ1v) is 7.29. The number of aromatic nitrogens is 1. The number of benzene rings is 1. The summed E-state index contributed by atoms with van der Waals surface area (Å²) in [6, 6.07) is 4.90. The summed E-state index contributed by atoms with van der Waals surface area (Å²) >= 11 is 13.3. The highest BCUT2D eigenvalue weighted by Crippen LogP contribution is 2.23. The van der Waals surface area contributed by atoms with E-state index in [2.05, 4.69) is 4.98 Å². The van der Waals surface area contributed by atoms with Crippen LogP contribution in [0.5, 0.6) is 0 Å². The molecule has 2 rings (SSSR count). The minimum atomic E-state index is -0.165. The Labute approximate surface area is 125 Å². The molecule has 0 radical (unpaired) electrons. The first-order chi connectivity index (χ1) is 8.97. The molecule has 2 aromatic rings. The summed E-state index contributed by atoms with van der Waals surface area (Å²) in [6.07, 6.45) is 0.182. The van der Waals surface area contributed by atoms with Crippen LogP contribution in [-0.2, 0) is 6.42 Å². The van der Waals surface area contributed by atoms with Gasteiger partial charge in [0.05, 0.1) is 6.04 Å². The Morgan fingerprint density at radius 2 is 2.21 bits per heavy atom. The van der Waals surface area contributed by atoms with Crippen LogP contribution in [0.25, 0.3) is 0 Å². The third kappa shape index (κ3) is 3.54. The molecular weight excluding hydrogens is 303 g/mol. The highest BCUT2D eigenvalue weighted by molar-refractivity contribution is 7.09. The largest absolute Gasteiger partial charge is 0.322 e. The van der Waals surface area contributed by atoms with Gasteiger partial charge in [0.25, 0.3) is 0 Å². The van der Waals surface area contributed by atoms with Crippen LogP contribution in [0.2, 0.25) is 10.0 Å². The maximum atomic E-state index is 12.1. The van der Waals surface area contributed by atoms with Crippen molar-refractivity contribution in [2.24, 2.45) is 5.73 Å². The minimum Gasteiger partial charge on any atom is -0.322 e. The van der Waals surface area contributed by atoms with Crippen LogP contribution in [0.4, 0.5) is 0 Å². The predicted molar refractivity (Wildman–Crippen MR) is 79.2 cm³/mol. The van der Waals surface area contributed by atoms with E-state index in [1.54, 1.807) is 23.6 Å². The number of Topliss-reactive ketones (excluding diaryl/α,β-unsaturated/α-hetero) is 1. The SMILES string of the molecule is CC(N)c1nc(C(=O)Cc2cc(Cl)ccc2Cl)cs1. The fourth-order valence-electron chi connectivity index (χ4n) is 1.57. The molecule has 0 bridgehead atoms. The summed E-state index contributed by atoms with van der Waals surface area (Å²) in [4.78, 5) is 16.3. The van der Waals surface area contributed by atoms with Gasteiger partial charge in [-0.3, -0.25) is 4.79 Å². The average molecular weight is 315 g/mol. The van der Waals surface area contributed by atoms with Gasteiger partial charge >= 0.3 is 0 Å². The number of carbonyl (C=O) groups is 1. The van der Waals surface area contributed by atoms with E-state index in [4.69, 9.17) is 28.9 Å². The van der Waals surface area contributed by atoms with Gasteiger partial charge < -0.3 is 5.73 Å². The molecule has 0 aliphatic heterocycles. The Morgan fingerprint density at radius 3 is 2.84 bits per heavy atom. The van der Waals surface area contributed by atoms with E-state index in [0.717, 1.165) is 5.01 Å². The van der Waals surface area contributed by atoms with Crippen molar-refractivity contribution in [3.8, 4) is 0 Å². The van der Waals surface area contributed by atoms with Gasteiger partial charge in [0.15, 0.2) is 5.78 Å². The monoisotopic (exact) mass is 314 g/mol. The Hall–Kier alpha value is -0.940. The van der Waals surface area contributed by atoms with Crippen molar-refractivity contribution in [2.45, 2.75) is 19.4 Å². The zero-order chi connectivity index (χ0) is 14.0.